The van der Waals surface area contributed by atoms with Gasteiger partial charge in [-0.3, -0.25) is 0 Å². The number of hydrogen-bond acceptors (Lipinski definition) is 3. The minimum absolute atomic E-state index is 0.856. The molecule has 0 aliphatic carbocycles. The van der Waals surface area contributed by atoms with Gasteiger partial charge in [0.05, 0.1) is 11.4 Å². The van der Waals surface area contributed by atoms with Crippen LogP contribution in [0.4, 0.5) is 0 Å². The van der Waals surface area contributed by atoms with Crippen molar-refractivity contribution in [3.05, 3.63) is 164 Å². The predicted octanol–water partition coefficient (Wildman–Crippen LogP) is 6.23. The molecule has 0 fully saturated rings. The van der Waals surface area contributed by atoms with Crippen LogP contribution in [-0.2, 0) is 0 Å². The molecule has 3 heterocycles. The normalized spacial score (nSPS) is 12.8. The van der Waals surface area contributed by atoms with Crippen molar-refractivity contribution in [1.29, 1.82) is 0 Å². The van der Waals surface area contributed by atoms with Crippen LogP contribution in [0, 0.1) is 0 Å². The Morgan fingerprint density at radius 3 is 1.44 bits per heavy atom. The number of hydrogen-bond donors (Lipinski definition) is 0. The molecular formula is C39H27N3Si. The van der Waals surface area contributed by atoms with Crippen molar-refractivity contribution in [3.8, 4) is 44.8 Å². The van der Waals surface area contributed by atoms with E-state index in [1.807, 2.05) is 24.5 Å². The van der Waals surface area contributed by atoms with Gasteiger partial charge in [-0.25, -0.2) is 15.0 Å². The van der Waals surface area contributed by atoms with E-state index in [1.165, 1.54) is 26.7 Å². The van der Waals surface area contributed by atoms with Crippen molar-refractivity contribution in [1.82, 2.24) is 15.0 Å². The Morgan fingerprint density at radius 2 is 0.860 bits per heavy atom. The second kappa shape index (κ2) is 10.4. The third-order valence-electron chi connectivity index (χ3n) is 8.44. The number of nitrogens with zero attached hydrogens (tertiary/aromatic N) is 3. The highest BCUT2D eigenvalue weighted by Gasteiger charge is 2.51. The number of fused-ring (bicyclic) bond motifs is 3. The van der Waals surface area contributed by atoms with Crippen LogP contribution >= 0.6 is 0 Å². The predicted molar refractivity (Wildman–Crippen MR) is 179 cm³/mol. The van der Waals surface area contributed by atoms with Crippen molar-refractivity contribution < 1.29 is 0 Å². The van der Waals surface area contributed by atoms with Crippen LogP contribution in [0.5, 0.6) is 0 Å². The van der Waals surface area contributed by atoms with E-state index in [4.69, 9.17) is 15.0 Å². The molecule has 0 unspecified atom stereocenters. The van der Waals surface area contributed by atoms with E-state index < -0.39 is 8.07 Å². The first-order valence-electron chi connectivity index (χ1n) is 14.5. The van der Waals surface area contributed by atoms with Crippen molar-refractivity contribution in [2.75, 3.05) is 0 Å². The molecule has 0 saturated heterocycles. The minimum atomic E-state index is -2.72. The third kappa shape index (κ3) is 4.15. The topological polar surface area (TPSA) is 38.7 Å². The molecule has 3 nitrogen and oxygen atoms in total. The van der Waals surface area contributed by atoms with Crippen LogP contribution in [0.1, 0.15) is 0 Å². The van der Waals surface area contributed by atoms with Crippen molar-refractivity contribution in [2.45, 2.75) is 0 Å². The molecule has 43 heavy (non-hydrogen) atoms. The molecule has 1 aliphatic rings. The van der Waals surface area contributed by atoms with E-state index in [0.29, 0.717) is 0 Å². The van der Waals surface area contributed by atoms with Crippen LogP contribution in [0.15, 0.2) is 164 Å². The van der Waals surface area contributed by atoms with Crippen LogP contribution in [0.2, 0.25) is 0 Å². The number of rotatable bonds is 5. The van der Waals surface area contributed by atoms with Crippen molar-refractivity contribution in [3.63, 3.8) is 0 Å². The van der Waals surface area contributed by atoms with Crippen LogP contribution in [-0.4, -0.2) is 23.0 Å². The lowest BCUT2D eigenvalue weighted by atomic mass is 10.0. The Balaban J connectivity index is 1.31. The average Bonchev–Trinajstić information content (AvgIpc) is 3.40. The fourth-order valence-electron chi connectivity index (χ4n) is 6.49. The summed E-state index contributed by atoms with van der Waals surface area (Å²) in [4.78, 5) is 15.5. The highest BCUT2D eigenvalue weighted by atomic mass is 28.3. The van der Waals surface area contributed by atoms with Gasteiger partial charge in [-0.05, 0) is 49.9 Å². The Hall–Kier alpha value is -5.45. The molecule has 0 bridgehead atoms. The van der Waals surface area contributed by atoms with Crippen molar-refractivity contribution >= 4 is 29.1 Å². The number of pyridine rings is 1. The Labute approximate surface area is 252 Å². The molecule has 0 radical (unpaired) electrons. The van der Waals surface area contributed by atoms with E-state index >= 15 is 0 Å². The van der Waals surface area contributed by atoms with Gasteiger partial charge in [0.25, 0.3) is 0 Å². The molecule has 0 amide bonds. The second-order valence-corrected chi connectivity index (χ2v) is 14.5. The maximum Gasteiger partial charge on any atom is 0.227 e. The third-order valence-corrected chi connectivity index (χ3v) is 13.1. The Bertz CT molecular complexity index is 1960. The van der Waals surface area contributed by atoms with Gasteiger partial charge in [0, 0.05) is 23.5 Å². The van der Waals surface area contributed by atoms with Gasteiger partial charge in [0.2, 0.25) is 8.07 Å². The molecule has 1 aliphatic heterocycles. The van der Waals surface area contributed by atoms with E-state index in [9.17, 15) is 0 Å². The molecule has 8 rings (SSSR count). The highest BCUT2D eigenvalue weighted by molar-refractivity contribution is 7.21. The first-order valence-corrected chi connectivity index (χ1v) is 16.5. The van der Waals surface area contributed by atoms with Crippen LogP contribution in [0.25, 0.3) is 44.8 Å². The molecular weight excluding hydrogens is 539 g/mol. The van der Waals surface area contributed by atoms with Gasteiger partial charge >= 0.3 is 0 Å². The fraction of sp³-hybridized carbons (Fsp3) is 0. The summed E-state index contributed by atoms with van der Waals surface area (Å²) >= 11 is 0. The SMILES string of the molecule is c1ccc(-c2cc(-c3ccccc3)nc(-c3cnc([Si]4(c5ccccc5)c5ccccc5-c5ccccc54)nc3)c2)cc1. The summed E-state index contributed by atoms with van der Waals surface area (Å²) in [5, 5.41) is 3.96. The van der Waals surface area contributed by atoms with Gasteiger partial charge in [-0.1, -0.05) is 140 Å². The van der Waals surface area contributed by atoms with Gasteiger partial charge in [-0.2, -0.15) is 0 Å². The first kappa shape index (κ1) is 25.3. The molecule has 4 heteroatoms. The van der Waals surface area contributed by atoms with E-state index in [-0.39, 0.29) is 0 Å². The molecule has 202 valence electrons. The van der Waals surface area contributed by atoms with Gasteiger partial charge in [0.15, 0.2) is 0 Å². The zero-order valence-electron chi connectivity index (χ0n) is 23.4. The van der Waals surface area contributed by atoms with Crippen LogP contribution < -0.4 is 21.0 Å². The smallest absolute Gasteiger partial charge is 0.227 e. The van der Waals surface area contributed by atoms with E-state index in [2.05, 4.69) is 140 Å². The van der Waals surface area contributed by atoms with Crippen molar-refractivity contribution in [2.24, 2.45) is 0 Å². The summed E-state index contributed by atoms with van der Waals surface area (Å²) in [6, 6.07) is 53.5. The zero-order chi connectivity index (χ0) is 28.6. The maximum absolute atomic E-state index is 5.20. The molecule has 0 atom stereocenters. The second-order valence-electron chi connectivity index (χ2n) is 10.9. The number of benzene rings is 5. The van der Waals surface area contributed by atoms with Gasteiger partial charge in [-0.15, -0.1) is 0 Å². The summed E-state index contributed by atoms with van der Waals surface area (Å²) in [7, 11) is -2.72. The lowest BCUT2D eigenvalue weighted by Crippen LogP contribution is -2.74. The summed E-state index contributed by atoms with van der Waals surface area (Å²) in [5.41, 5.74) is 9.48. The zero-order valence-corrected chi connectivity index (χ0v) is 24.4. The van der Waals surface area contributed by atoms with Gasteiger partial charge in [0.1, 0.15) is 5.45 Å². The van der Waals surface area contributed by atoms with Gasteiger partial charge < -0.3 is 0 Å². The summed E-state index contributed by atoms with van der Waals surface area (Å²) in [5.74, 6) is 0. The summed E-state index contributed by atoms with van der Waals surface area (Å²) in [6.07, 6.45) is 3.94. The first-order chi connectivity index (χ1) is 21.3. The molecule has 5 aromatic carbocycles. The molecule has 0 N–H and O–H groups in total. The molecule has 0 saturated carbocycles. The summed E-state index contributed by atoms with van der Waals surface area (Å²) in [6.45, 7) is 0. The lowest BCUT2D eigenvalue weighted by Gasteiger charge is -2.28. The monoisotopic (exact) mass is 565 g/mol. The minimum Gasteiger partial charge on any atom is -0.248 e. The van der Waals surface area contributed by atoms with E-state index in [1.54, 1.807) is 0 Å². The quantitative estimate of drug-likeness (QED) is 0.232. The molecule has 2 aromatic heterocycles. The molecule has 7 aromatic rings. The Morgan fingerprint density at radius 1 is 0.395 bits per heavy atom. The number of aromatic nitrogens is 3. The Kier molecular flexibility index (Phi) is 6.13. The lowest BCUT2D eigenvalue weighted by molar-refractivity contribution is 1.21. The average molecular weight is 566 g/mol. The van der Waals surface area contributed by atoms with E-state index in [0.717, 1.165) is 39.1 Å². The van der Waals surface area contributed by atoms with Crippen LogP contribution in [0.3, 0.4) is 0 Å². The standard InChI is InChI=1S/C39H27N3Si/c1-4-14-28(15-5-1)30-24-35(29-16-6-2-7-17-29)42-36(25-30)31-26-40-39(41-27-31)43(32-18-8-3-9-19-32)37-22-12-10-20-33(37)34-21-11-13-23-38(34)43/h1-27H. The highest BCUT2D eigenvalue weighted by Crippen LogP contribution is 2.31. The maximum atomic E-state index is 5.20. The fourth-order valence-corrected chi connectivity index (χ4v) is 11.3. The molecule has 0 spiro atoms. The summed E-state index contributed by atoms with van der Waals surface area (Å²) < 4.78 is 0. The largest absolute Gasteiger partial charge is 0.248 e.